The highest BCUT2D eigenvalue weighted by molar-refractivity contribution is 7.98. The third-order valence-electron chi connectivity index (χ3n) is 4.02. The van der Waals surface area contributed by atoms with Crippen molar-refractivity contribution in [2.45, 2.75) is 17.7 Å². The molecule has 0 saturated carbocycles. The molecule has 0 aliphatic rings. The van der Waals surface area contributed by atoms with Crippen LogP contribution in [-0.2, 0) is 16.0 Å². The second-order valence-corrected chi connectivity index (χ2v) is 7.21. The van der Waals surface area contributed by atoms with Crippen LogP contribution in [0.15, 0.2) is 59.5 Å². The van der Waals surface area contributed by atoms with Gasteiger partial charge in [-0.25, -0.2) is 0 Å². The molecular formula is C21H27N3O2S. The number of hydrogen-bond acceptors (Lipinski definition) is 4. The Morgan fingerprint density at radius 1 is 0.963 bits per heavy atom. The topological polar surface area (TPSA) is 61.4 Å². The van der Waals surface area contributed by atoms with Crippen molar-refractivity contribution < 1.29 is 9.59 Å². The average molecular weight is 386 g/mol. The van der Waals surface area contributed by atoms with Gasteiger partial charge in [-0.15, -0.1) is 11.8 Å². The predicted molar refractivity (Wildman–Crippen MR) is 112 cm³/mol. The van der Waals surface area contributed by atoms with Crippen LogP contribution in [0.1, 0.15) is 12.0 Å². The van der Waals surface area contributed by atoms with E-state index in [-0.39, 0.29) is 24.9 Å². The van der Waals surface area contributed by atoms with Gasteiger partial charge in [0.1, 0.15) is 0 Å². The lowest BCUT2D eigenvalue weighted by atomic mass is 10.1. The van der Waals surface area contributed by atoms with E-state index in [0.717, 1.165) is 23.4 Å². The van der Waals surface area contributed by atoms with Gasteiger partial charge in [0.05, 0.1) is 18.8 Å². The summed E-state index contributed by atoms with van der Waals surface area (Å²) < 4.78 is 0. The molecule has 27 heavy (non-hydrogen) atoms. The SMILES string of the molecule is CSc1ccccc1NC(=O)CN(C)CC(=O)NCCCc1ccccc1. The summed E-state index contributed by atoms with van der Waals surface area (Å²) >= 11 is 1.58. The lowest BCUT2D eigenvalue weighted by Crippen LogP contribution is -2.39. The Bertz CT molecular complexity index is 737. The van der Waals surface area contributed by atoms with E-state index < -0.39 is 0 Å². The molecule has 2 N–H and O–H groups in total. The molecule has 0 fully saturated rings. The molecule has 0 aromatic heterocycles. The van der Waals surface area contributed by atoms with Crippen molar-refractivity contribution in [1.29, 1.82) is 0 Å². The van der Waals surface area contributed by atoms with E-state index >= 15 is 0 Å². The number of nitrogens with one attached hydrogen (secondary N) is 2. The zero-order chi connectivity index (χ0) is 19.5. The minimum atomic E-state index is -0.129. The average Bonchev–Trinajstić information content (AvgIpc) is 2.66. The van der Waals surface area contributed by atoms with E-state index in [1.165, 1.54) is 5.56 Å². The summed E-state index contributed by atoms with van der Waals surface area (Å²) in [6.45, 7) is 0.998. The van der Waals surface area contributed by atoms with Crippen LogP contribution in [0.25, 0.3) is 0 Å². The molecule has 144 valence electrons. The Kier molecular flexibility index (Phi) is 8.87. The van der Waals surface area contributed by atoms with Gasteiger partial charge in [-0.1, -0.05) is 42.5 Å². The standard InChI is InChI=1S/C21H27N3O2S/c1-24(16-21(26)23-18-12-6-7-13-19(18)27-2)15-20(25)22-14-8-11-17-9-4-3-5-10-17/h3-7,9-10,12-13H,8,11,14-16H2,1-2H3,(H,22,25)(H,23,26). The third kappa shape index (κ3) is 7.85. The number of anilines is 1. The highest BCUT2D eigenvalue weighted by atomic mass is 32.2. The summed E-state index contributed by atoms with van der Waals surface area (Å²) in [5, 5.41) is 5.81. The van der Waals surface area contributed by atoms with Crippen molar-refractivity contribution in [3.05, 3.63) is 60.2 Å². The summed E-state index contributed by atoms with van der Waals surface area (Å²) in [5.41, 5.74) is 2.07. The Morgan fingerprint density at radius 2 is 1.63 bits per heavy atom. The molecular weight excluding hydrogens is 358 g/mol. The number of benzene rings is 2. The van der Waals surface area contributed by atoms with Crippen LogP contribution in [0.5, 0.6) is 0 Å². The van der Waals surface area contributed by atoms with E-state index in [9.17, 15) is 9.59 Å². The summed E-state index contributed by atoms with van der Waals surface area (Å²) in [6, 6.07) is 17.9. The molecule has 2 rings (SSSR count). The van der Waals surface area contributed by atoms with E-state index in [0.29, 0.717) is 6.54 Å². The van der Waals surface area contributed by atoms with Crippen LogP contribution in [0.2, 0.25) is 0 Å². The minimum Gasteiger partial charge on any atom is -0.355 e. The molecule has 0 aliphatic carbocycles. The summed E-state index contributed by atoms with van der Waals surface area (Å²) in [4.78, 5) is 26.9. The number of hydrogen-bond donors (Lipinski definition) is 2. The van der Waals surface area contributed by atoms with Gasteiger partial charge in [0.25, 0.3) is 0 Å². The molecule has 0 atom stereocenters. The monoisotopic (exact) mass is 385 g/mol. The second-order valence-electron chi connectivity index (χ2n) is 6.36. The fourth-order valence-corrected chi connectivity index (χ4v) is 3.26. The van der Waals surface area contributed by atoms with Crippen molar-refractivity contribution in [2.24, 2.45) is 0 Å². The molecule has 0 aliphatic heterocycles. The van der Waals surface area contributed by atoms with Crippen molar-refractivity contribution in [3.8, 4) is 0 Å². The van der Waals surface area contributed by atoms with Crippen molar-refractivity contribution in [2.75, 3.05) is 38.3 Å². The third-order valence-corrected chi connectivity index (χ3v) is 4.81. The second kappa shape index (κ2) is 11.4. The fourth-order valence-electron chi connectivity index (χ4n) is 2.70. The predicted octanol–water partition coefficient (Wildman–Crippen LogP) is 3.03. The Labute approximate surface area is 165 Å². The van der Waals surface area contributed by atoms with Crippen LogP contribution in [0.4, 0.5) is 5.69 Å². The van der Waals surface area contributed by atoms with Gasteiger partial charge >= 0.3 is 0 Å². The normalized spacial score (nSPS) is 10.6. The largest absolute Gasteiger partial charge is 0.355 e. The molecule has 0 heterocycles. The zero-order valence-electron chi connectivity index (χ0n) is 15.9. The summed E-state index contributed by atoms with van der Waals surface area (Å²) in [7, 11) is 1.77. The highest BCUT2D eigenvalue weighted by Gasteiger charge is 2.12. The van der Waals surface area contributed by atoms with E-state index in [4.69, 9.17) is 0 Å². The molecule has 0 spiro atoms. The number of nitrogens with zero attached hydrogens (tertiary/aromatic N) is 1. The van der Waals surface area contributed by atoms with E-state index in [1.807, 2.05) is 48.7 Å². The van der Waals surface area contributed by atoms with Gasteiger partial charge in [-0.05, 0) is 43.8 Å². The number of para-hydroxylation sites is 1. The fraction of sp³-hybridized carbons (Fsp3) is 0.333. The minimum absolute atomic E-state index is 0.0668. The van der Waals surface area contributed by atoms with Crippen LogP contribution in [0, 0.1) is 0 Å². The maximum absolute atomic E-state index is 12.2. The van der Waals surface area contributed by atoms with Gasteiger partial charge < -0.3 is 10.6 Å². The maximum Gasteiger partial charge on any atom is 0.238 e. The maximum atomic E-state index is 12.2. The van der Waals surface area contributed by atoms with E-state index in [1.54, 1.807) is 23.7 Å². The molecule has 0 radical (unpaired) electrons. The number of aryl methyl sites for hydroxylation is 1. The van der Waals surface area contributed by atoms with Crippen LogP contribution in [-0.4, -0.2) is 49.7 Å². The van der Waals surface area contributed by atoms with Gasteiger partial charge in [-0.3, -0.25) is 14.5 Å². The Balaban J connectivity index is 1.66. The first-order valence-corrected chi connectivity index (χ1v) is 10.2. The first-order chi connectivity index (χ1) is 13.1. The molecule has 0 saturated heterocycles. The molecule has 0 bridgehead atoms. The lowest BCUT2D eigenvalue weighted by Gasteiger charge is -2.16. The summed E-state index contributed by atoms with van der Waals surface area (Å²) in [5.74, 6) is -0.196. The van der Waals surface area contributed by atoms with Crippen LogP contribution >= 0.6 is 11.8 Å². The first-order valence-electron chi connectivity index (χ1n) is 9.00. The van der Waals surface area contributed by atoms with Gasteiger partial charge in [0.15, 0.2) is 0 Å². The Hall–Kier alpha value is -2.31. The molecule has 5 nitrogen and oxygen atoms in total. The van der Waals surface area contributed by atoms with Crippen molar-refractivity contribution in [3.63, 3.8) is 0 Å². The van der Waals surface area contributed by atoms with Crippen LogP contribution < -0.4 is 10.6 Å². The molecule has 2 amide bonds. The number of carbonyl (C=O) groups excluding carboxylic acids is 2. The zero-order valence-corrected chi connectivity index (χ0v) is 16.7. The highest BCUT2D eigenvalue weighted by Crippen LogP contribution is 2.24. The number of thioether (sulfide) groups is 1. The molecule has 2 aromatic rings. The van der Waals surface area contributed by atoms with Gasteiger partial charge in [0.2, 0.25) is 11.8 Å². The smallest absolute Gasteiger partial charge is 0.238 e. The van der Waals surface area contributed by atoms with E-state index in [2.05, 4.69) is 22.8 Å². The lowest BCUT2D eigenvalue weighted by molar-refractivity contribution is -0.122. The number of carbonyl (C=O) groups is 2. The molecule has 0 unspecified atom stereocenters. The Morgan fingerprint density at radius 3 is 2.37 bits per heavy atom. The van der Waals surface area contributed by atoms with Gasteiger partial charge in [0, 0.05) is 11.4 Å². The number of likely N-dealkylation sites (N-methyl/N-ethyl adjacent to an activating group) is 1. The first kappa shape index (κ1) is 21.0. The van der Waals surface area contributed by atoms with Crippen molar-refractivity contribution in [1.82, 2.24) is 10.2 Å². The van der Waals surface area contributed by atoms with Crippen LogP contribution in [0.3, 0.4) is 0 Å². The van der Waals surface area contributed by atoms with Crippen molar-refractivity contribution >= 4 is 29.3 Å². The number of amides is 2. The molecule has 2 aromatic carbocycles. The number of rotatable bonds is 10. The molecule has 6 heteroatoms. The quantitative estimate of drug-likeness (QED) is 0.487. The summed E-state index contributed by atoms with van der Waals surface area (Å²) in [6.07, 6.45) is 3.80. The van der Waals surface area contributed by atoms with Gasteiger partial charge in [-0.2, -0.15) is 0 Å².